The van der Waals surface area contributed by atoms with Crippen LogP contribution >= 0.6 is 0 Å². The van der Waals surface area contributed by atoms with Crippen molar-refractivity contribution in [1.82, 2.24) is 10.6 Å². The number of amides is 2. The van der Waals surface area contributed by atoms with Gasteiger partial charge in [0, 0.05) is 13.1 Å². The molecule has 22 heavy (non-hydrogen) atoms. The number of urea groups is 1. The number of hydrogen-bond donors (Lipinski definition) is 2. The average molecular weight is 298 g/mol. The molecule has 4 heteroatoms. The Labute approximate surface area is 131 Å². The SMILES string of the molecule is COc1ccccc1CCNC(=O)NCc1ccccc1C. The Balaban J connectivity index is 1.75. The number of nitrogens with one attached hydrogen (secondary N) is 2. The first-order valence-corrected chi connectivity index (χ1v) is 7.39. The maximum Gasteiger partial charge on any atom is 0.315 e. The van der Waals surface area contributed by atoms with Crippen LogP contribution in [0, 0.1) is 6.92 Å². The van der Waals surface area contributed by atoms with E-state index in [4.69, 9.17) is 4.74 Å². The Morgan fingerprint density at radius 2 is 1.68 bits per heavy atom. The number of aryl methyl sites for hydroxylation is 1. The van der Waals surface area contributed by atoms with Gasteiger partial charge in [-0.2, -0.15) is 0 Å². The molecule has 0 atom stereocenters. The van der Waals surface area contributed by atoms with Crippen LogP contribution in [0.4, 0.5) is 4.79 Å². The number of carbonyl (C=O) groups excluding carboxylic acids is 1. The lowest BCUT2D eigenvalue weighted by molar-refractivity contribution is 0.240. The van der Waals surface area contributed by atoms with Crippen LogP contribution in [-0.2, 0) is 13.0 Å². The molecular formula is C18H22N2O2. The summed E-state index contributed by atoms with van der Waals surface area (Å²) < 4.78 is 5.29. The molecule has 0 saturated heterocycles. The van der Waals surface area contributed by atoms with Gasteiger partial charge in [-0.15, -0.1) is 0 Å². The minimum Gasteiger partial charge on any atom is -0.496 e. The van der Waals surface area contributed by atoms with Crippen molar-refractivity contribution in [2.45, 2.75) is 19.9 Å². The maximum atomic E-state index is 11.8. The van der Waals surface area contributed by atoms with Crippen molar-refractivity contribution in [3.63, 3.8) is 0 Å². The molecule has 0 aliphatic heterocycles. The number of benzene rings is 2. The van der Waals surface area contributed by atoms with E-state index in [1.165, 1.54) is 5.56 Å². The summed E-state index contributed by atoms with van der Waals surface area (Å²) in [7, 11) is 1.65. The standard InChI is InChI=1S/C18H22N2O2/c1-14-7-3-4-9-16(14)13-20-18(21)19-12-11-15-8-5-6-10-17(15)22-2/h3-10H,11-13H2,1-2H3,(H2,19,20,21). The normalized spacial score (nSPS) is 10.1. The number of ether oxygens (including phenoxy) is 1. The van der Waals surface area contributed by atoms with E-state index in [0.717, 1.165) is 23.3 Å². The summed E-state index contributed by atoms with van der Waals surface area (Å²) in [5.41, 5.74) is 3.39. The van der Waals surface area contributed by atoms with Gasteiger partial charge in [-0.1, -0.05) is 42.5 Å². The van der Waals surface area contributed by atoms with Crippen molar-refractivity contribution in [1.29, 1.82) is 0 Å². The van der Waals surface area contributed by atoms with Gasteiger partial charge in [0.05, 0.1) is 7.11 Å². The van der Waals surface area contributed by atoms with E-state index >= 15 is 0 Å². The molecular weight excluding hydrogens is 276 g/mol. The third-order valence-corrected chi connectivity index (χ3v) is 3.57. The van der Waals surface area contributed by atoms with Crippen LogP contribution in [0.2, 0.25) is 0 Å². The summed E-state index contributed by atoms with van der Waals surface area (Å²) in [6.45, 7) is 3.14. The third-order valence-electron chi connectivity index (χ3n) is 3.57. The predicted octanol–water partition coefficient (Wildman–Crippen LogP) is 3.05. The van der Waals surface area contributed by atoms with E-state index in [0.29, 0.717) is 13.1 Å². The molecule has 2 amide bonds. The number of rotatable bonds is 6. The molecule has 0 radical (unpaired) electrons. The minimum absolute atomic E-state index is 0.154. The summed E-state index contributed by atoms with van der Waals surface area (Å²) in [6, 6.07) is 15.7. The van der Waals surface area contributed by atoms with Gasteiger partial charge in [0.1, 0.15) is 5.75 Å². The Kier molecular flexibility index (Phi) is 5.83. The first-order valence-electron chi connectivity index (χ1n) is 7.39. The van der Waals surface area contributed by atoms with Crippen molar-refractivity contribution >= 4 is 6.03 Å². The van der Waals surface area contributed by atoms with Crippen LogP contribution in [0.25, 0.3) is 0 Å². The Morgan fingerprint density at radius 3 is 2.41 bits per heavy atom. The van der Waals surface area contributed by atoms with E-state index in [2.05, 4.69) is 10.6 Å². The molecule has 2 aromatic rings. The summed E-state index contributed by atoms with van der Waals surface area (Å²) in [5, 5.41) is 5.74. The molecule has 0 aromatic heterocycles. The zero-order valence-electron chi connectivity index (χ0n) is 13.1. The lowest BCUT2D eigenvalue weighted by atomic mass is 10.1. The molecule has 0 saturated carbocycles. The fourth-order valence-corrected chi connectivity index (χ4v) is 2.27. The fourth-order valence-electron chi connectivity index (χ4n) is 2.27. The number of methoxy groups -OCH3 is 1. The van der Waals surface area contributed by atoms with Crippen LogP contribution in [0.15, 0.2) is 48.5 Å². The molecule has 4 nitrogen and oxygen atoms in total. The topological polar surface area (TPSA) is 50.4 Å². The Morgan fingerprint density at radius 1 is 1.00 bits per heavy atom. The number of carbonyl (C=O) groups is 1. The molecule has 0 heterocycles. The molecule has 0 spiro atoms. The van der Waals surface area contributed by atoms with Crippen molar-refractivity contribution in [3.8, 4) is 5.75 Å². The van der Waals surface area contributed by atoms with Gasteiger partial charge in [0.25, 0.3) is 0 Å². The zero-order chi connectivity index (χ0) is 15.8. The second kappa shape index (κ2) is 8.08. The van der Waals surface area contributed by atoms with Gasteiger partial charge < -0.3 is 15.4 Å². The average Bonchev–Trinajstić information content (AvgIpc) is 2.54. The molecule has 0 fully saturated rings. The van der Waals surface area contributed by atoms with Crippen molar-refractivity contribution < 1.29 is 9.53 Å². The number of hydrogen-bond acceptors (Lipinski definition) is 2. The van der Waals surface area contributed by atoms with Gasteiger partial charge in [0.15, 0.2) is 0 Å². The third kappa shape index (κ3) is 4.52. The Bertz CT molecular complexity index is 626. The molecule has 116 valence electrons. The van der Waals surface area contributed by atoms with Gasteiger partial charge >= 0.3 is 6.03 Å². The van der Waals surface area contributed by atoms with Gasteiger partial charge in [-0.25, -0.2) is 4.79 Å². The van der Waals surface area contributed by atoms with Crippen LogP contribution < -0.4 is 15.4 Å². The lowest BCUT2D eigenvalue weighted by Gasteiger charge is -2.11. The Hall–Kier alpha value is -2.49. The van der Waals surface area contributed by atoms with E-state index in [1.807, 2.05) is 55.5 Å². The second-order valence-electron chi connectivity index (χ2n) is 5.10. The van der Waals surface area contributed by atoms with Gasteiger partial charge in [0.2, 0.25) is 0 Å². The highest BCUT2D eigenvalue weighted by Crippen LogP contribution is 2.17. The first kappa shape index (κ1) is 15.9. The number of para-hydroxylation sites is 1. The molecule has 0 unspecified atom stereocenters. The summed E-state index contributed by atoms with van der Waals surface area (Å²) >= 11 is 0. The highest BCUT2D eigenvalue weighted by Gasteiger charge is 2.04. The molecule has 2 rings (SSSR count). The van der Waals surface area contributed by atoms with E-state index in [-0.39, 0.29) is 6.03 Å². The summed E-state index contributed by atoms with van der Waals surface area (Å²) in [4.78, 5) is 11.8. The molecule has 0 bridgehead atoms. The summed E-state index contributed by atoms with van der Waals surface area (Å²) in [5.74, 6) is 0.851. The van der Waals surface area contributed by atoms with E-state index < -0.39 is 0 Å². The first-order chi connectivity index (χ1) is 10.7. The van der Waals surface area contributed by atoms with Gasteiger partial charge in [-0.3, -0.25) is 0 Å². The smallest absolute Gasteiger partial charge is 0.315 e. The molecule has 0 aliphatic carbocycles. The van der Waals surface area contributed by atoms with Gasteiger partial charge in [-0.05, 0) is 36.1 Å². The monoisotopic (exact) mass is 298 g/mol. The quantitative estimate of drug-likeness (QED) is 0.861. The van der Waals surface area contributed by atoms with E-state index in [1.54, 1.807) is 7.11 Å². The van der Waals surface area contributed by atoms with E-state index in [9.17, 15) is 4.79 Å². The molecule has 2 aromatic carbocycles. The van der Waals surface area contributed by atoms with Crippen molar-refractivity contribution in [2.24, 2.45) is 0 Å². The minimum atomic E-state index is -0.154. The zero-order valence-corrected chi connectivity index (χ0v) is 13.1. The van der Waals surface area contributed by atoms with Crippen LogP contribution in [0.1, 0.15) is 16.7 Å². The fraction of sp³-hybridized carbons (Fsp3) is 0.278. The summed E-state index contributed by atoms with van der Waals surface area (Å²) in [6.07, 6.45) is 0.738. The van der Waals surface area contributed by atoms with Crippen LogP contribution in [0.5, 0.6) is 5.75 Å². The largest absolute Gasteiger partial charge is 0.496 e. The van der Waals surface area contributed by atoms with Crippen molar-refractivity contribution in [2.75, 3.05) is 13.7 Å². The highest BCUT2D eigenvalue weighted by atomic mass is 16.5. The predicted molar refractivity (Wildman–Crippen MR) is 88.1 cm³/mol. The second-order valence-corrected chi connectivity index (χ2v) is 5.10. The van der Waals surface area contributed by atoms with Crippen molar-refractivity contribution in [3.05, 3.63) is 65.2 Å². The van der Waals surface area contributed by atoms with Crippen LogP contribution in [-0.4, -0.2) is 19.7 Å². The molecule has 0 aliphatic rings. The lowest BCUT2D eigenvalue weighted by Crippen LogP contribution is -2.36. The highest BCUT2D eigenvalue weighted by molar-refractivity contribution is 5.73. The van der Waals surface area contributed by atoms with Crippen LogP contribution in [0.3, 0.4) is 0 Å². The maximum absolute atomic E-state index is 11.8. The molecule has 2 N–H and O–H groups in total.